The normalized spacial score (nSPS) is 15.8. The van der Waals surface area contributed by atoms with E-state index in [-0.39, 0.29) is 11.2 Å². The maximum atomic E-state index is 12.1. The highest BCUT2D eigenvalue weighted by atomic mass is 32.2. The molecule has 25 heavy (non-hydrogen) atoms. The predicted molar refractivity (Wildman–Crippen MR) is 101 cm³/mol. The van der Waals surface area contributed by atoms with E-state index >= 15 is 0 Å². The van der Waals surface area contributed by atoms with Crippen molar-refractivity contribution in [2.75, 3.05) is 24.5 Å². The zero-order valence-electron chi connectivity index (χ0n) is 14.8. The first-order chi connectivity index (χ1) is 12.2. The van der Waals surface area contributed by atoms with Gasteiger partial charge in [-0.05, 0) is 45.2 Å². The third-order valence-corrected chi connectivity index (χ3v) is 5.31. The average Bonchev–Trinajstić information content (AvgIpc) is 3.07. The topological polar surface area (TPSA) is 63.1 Å². The number of aromatic nitrogens is 3. The second-order valence-corrected chi connectivity index (χ2v) is 7.46. The molecule has 1 fully saturated rings. The minimum absolute atomic E-state index is 0.0228. The number of nitrogens with one attached hydrogen (secondary N) is 1. The molecule has 1 aliphatic heterocycles. The van der Waals surface area contributed by atoms with E-state index in [1.54, 1.807) is 0 Å². The van der Waals surface area contributed by atoms with Crippen LogP contribution in [0.15, 0.2) is 35.5 Å². The van der Waals surface area contributed by atoms with Crippen LogP contribution < -0.4 is 10.2 Å². The van der Waals surface area contributed by atoms with Crippen LogP contribution in [-0.2, 0) is 4.79 Å². The molecule has 1 N–H and O–H groups in total. The Morgan fingerprint density at radius 3 is 2.60 bits per heavy atom. The van der Waals surface area contributed by atoms with Gasteiger partial charge < -0.3 is 10.2 Å². The molecule has 0 aliphatic carbocycles. The molecule has 1 aromatic carbocycles. The summed E-state index contributed by atoms with van der Waals surface area (Å²) in [6, 6.07) is 10.1. The van der Waals surface area contributed by atoms with Crippen molar-refractivity contribution in [2.24, 2.45) is 0 Å². The van der Waals surface area contributed by atoms with Crippen LogP contribution in [0.4, 0.5) is 5.95 Å². The summed E-state index contributed by atoms with van der Waals surface area (Å²) in [7, 11) is 0. The molecule has 134 valence electrons. The fraction of sp³-hybridized carbons (Fsp3) is 0.500. The Morgan fingerprint density at radius 1 is 1.20 bits per heavy atom. The van der Waals surface area contributed by atoms with E-state index in [2.05, 4.69) is 37.1 Å². The Hall–Kier alpha value is -2.02. The number of rotatable bonds is 6. The number of hydrogen-bond acceptors (Lipinski definition) is 5. The van der Waals surface area contributed by atoms with E-state index in [0.29, 0.717) is 6.54 Å². The second-order valence-electron chi connectivity index (χ2n) is 6.16. The first-order valence-corrected chi connectivity index (χ1v) is 9.79. The molecule has 7 heteroatoms. The molecule has 1 aromatic heterocycles. The SMILES string of the molecule is CCNC(=O)[C@H](C)Sc1nnc(N2CCCCC2)n1-c1ccccc1. The smallest absolute Gasteiger partial charge is 0.233 e. The number of hydrogen-bond donors (Lipinski definition) is 1. The van der Waals surface area contributed by atoms with E-state index in [9.17, 15) is 4.79 Å². The summed E-state index contributed by atoms with van der Waals surface area (Å²) in [4.78, 5) is 14.4. The van der Waals surface area contributed by atoms with Crippen LogP contribution in [0.25, 0.3) is 5.69 Å². The van der Waals surface area contributed by atoms with E-state index in [1.807, 2.05) is 32.0 Å². The van der Waals surface area contributed by atoms with Crippen molar-refractivity contribution < 1.29 is 4.79 Å². The number of piperidine rings is 1. The monoisotopic (exact) mass is 359 g/mol. The third-order valence-electron chi connectivity index (χ3n) is 4.27. The molecule has 1 amide bonds. The Bertz CT molecular complexity index is 697. The number of para-hydroxylation sites is 1. The van der Waals surface area contributed by atoms with Gasteiger partial charge in [-0.1, -0.05) is 30.0 Å². The van der Waals surface area contributed by atoms with E-state index < -0.39 is 0 Å². The zero-order chi connectivity index (χ0) is 17.6. The van der Waals surface area contributed by atoms with Crippen LogP contribution in [-0.4, -0.2) is 45.6 Å². The lowest BCUT2D eigenvalue weighted by Crippen LogP contribution is -2.32. The largest absolute Gasteiger partial charge is 0.355 e. The lowest BCUT2D eigenvalue weighted by atomic mass is 10.1. The minimum Gasteiger partial charge on any atom is -0.355 e. The van der Waals surface area contributed by atoms with Gasteiger partial charge in [0.1, 0.15) is 0 Å². The average molecular weight is 359 g/mol. The van der Waals surface area contributed by atoms with Gasteiger partial charge in [0.25, 0.3) is 0 Å². The summed E-state index contributed by atoms with van der Waals surface area (Å²) in [5.41, 5.74) is 1.03. The summed E-state index contributed by atoms with van der Waals surface area (Å²) in [5, 5.41) is 12.3. The molecule has 1 atom stereocenters. The van der Waals surface area contributed by atoms with Crippen molar-refractivity contribution in [2.45, 2.75) is 43.5 Å². The molecule has 0 bridgehead atoms. The van der Waals surface area contributed by atoms with Gasteiger partial charge in [-0.15, -0.1) is 10.2 Å². The summed E-state index contributed by atoms with van der Waals surface area (Å²) >= 11 is 1.45. The van der Waals surface area contributed by atoms with Gasteiger partial charge in [-0.3, -0.25) is 9.36 Å². The minimum atomic E-state index is -0.221. The maximum Gasteiger partial charge on any atom is 0.233 e. The van der Waals surface area contributed by atoms with Crippen molar-refractivity contribution in [3.8, 4) is 5.69 Å². The van der Waals surface area contributed by atoms with Crippen molar-refractivity contribution in [1.29, 1.82) is 0 Å². The van der Waals surface area contributed by atoms with Gasteiger partial charge >= 0.3 is 0 Å². The molecule has 1 saturated heterocycles. The van der Waals surface area contributed by atoms with Crippen LogP contribution in [0.3, 0.4) is 0 Å². The second kappa shape index (κ2) is 8.38. The molecule has 3 rings (SSSR count). The maximum absolute atomic E-state index is 12.1. The van der Waals surface area contributed by atoms with Crippen LogP contribution >= 0.6 is 11.8 Å². The summed E-state index contributed by atoms with van der Waals surface area (Å²) in [6.07, 6.45) is 3.63. The molecule has 0 unspecified atom stereocenters. The predicted octanol–water partition coefficient (Wildman–Crippen LogP) is 2.87. The molecule has 0 radical (unpaired) electrons. The quantitative estimate of drug-likeness (QED) is 0.804. The van der Waals surface area contributed by atoms with Gasteiger partial charge in [0, 0.05) is 19.6 Å². The van der Waals surface area contributed by atoms with E-state index in [4.69, 9.17) is 0 Å². The molecule has 1 aliphatic rings. The van der Waals surface area contributed by atoms with Crippen LogP contribution in [0.2, 0.25) is 0 Å². The molecule has 6 nitrogen and oxygen atoms in total. The lowest BCUT2D eigenvalue weighted by molar-refractivity contribution is -0.120. The Labute approximate surface area is 153 Å². The van der Waals surface area contributed by atoms with Crippen molar-refractivity contribution in [3.05, 3.63) is 30.3 Å². The zero-order valence-corrected chi connectivity index (χ0v) is 15.6. The number of amides is 1. The summed E-state index contributed by atoms with van der Waals surface area (Å²) in [5.74, 6) is 0.895. The van der Waals surface area contributed by atoms with Gasteiger partial charge in [0.05, 0.1) is 10.9 Å². The Kier molecular flexibility index (Phi) is 5.96. The summed E-state index contributed by atoms with van der Waals surface area (Å²) < 4.78 is 2.08. The number of thioether (sulfide) groups is 1. The number of carbonyl (C=O) groups is 1. The molecule has 2 heterocycles. The highest BCUT2D eigenvalue weighted by Gasteiger charge is 2.24. The Morgan fingerprint density at radius 2 is 1.92 bits per heavy atom. The number of carbonyl (C=O) groups excluding carboxylic acids is 1. The number of anilines is 1. The Balaban J connectivity index is 1.92. The number of nitrogens with zero attached hydrogens (tertiary/aromatic N) is 4. The molecular formula is C18H25N5OS. The van der Waals surface area contributed by atoms with Crippen molar-refractivity contribution >= 4 is 23.6 Å². The van der Waals surface area contributed by atoms with Crippen LogP contribution in [0.5, 0.6) is 0 Å². The van der Waals surface area contributed by atoms with Crippen LogP contribution in [0, 0.1) is 0 Å². The standard InChI is InChI=1S/C18H25N5OS/c1-3-19-16(24)14(2)25-18-21-20-17(22-12-8-5-9-13-22)23(18)15-10-6-4-7-11-15/h4,6-7,10-11,14H,3,5,8-9,12-13H2,1-2H3,(H,19,24)/t14-/m0/s1. The van der Waals surface area contributed by atoms with Crippen molar-refractivity contribution in [1.82, 2.24) is 20.1 Å². The number of benzene rings is 1. The lowest BCUT2D eigenvalue weighted by Gasteiger charge is -2.28. The van der Waals surface area contributed by atoms with Gasteiger partial charge in [-0.2, -0.15) is 0 Å². The van der Waals surface area contributed by atoms with Gasteiger partial charge in [-0.25, -0.2) is 0 Å². The van der Waals surface area contributed by atoms with E-state index in [1.165, 1.54) is 31.0 Å². The summed E-state index contributed by atoms with van der Waals surface area (Å²) in [6.45, 7) is 6.47. The highest BCUT2D eigenvalue weighted by molar-refractivity contribution is 8.00. The first kappa shape index (κ1) is 17.8. The van der Waals surface area contributed by atoms with E-state index in [0.717, 1.165) is 29.9 Å². The third kappa shape index (κ3) is 4.15. The van der Waals surface area contributed by atoms with Crippen molar-refractivity contribution in [3.63, 3.8) is 0 Å². The fourth-order valence-corrected chi connectivity index (χ4v) is 3.86. The van der Waals surface area contributed by atoms with Crippen LogP contribution in [0.1, 0.15) is 33.1 Å². The van der Waals surface area contributed by atoms with Gasteiger partial charge in [0.2, 0.25) is 11.9 Å². The molecule has 0 saturated carbocycles. The first-order valence-electron chi connectivity index (χ1n) is 8.91. The van der Waals surface area contributed by atoms with Gasteiger partial charge in [0.15, 0.2) is 5.16 Å². The molecular weight excluding hydrogens is 334 g/mol. The fourth-order valence-electron chi connectivity index (χ4n) is 2.97. The molecule has 2 aromatic rings. The highest BCUT2D eigenvalue weighted by Crippen LogP contribution is 2.30. The molecule has 0 spiro atoms.